The molecule has 1 fully saturated rings. The Hall–Kier alpha value is -1.65. The molecule has 0 unspecified atom stereocenters. The summed E-state index contributed by atoms with van der Waals surface area (Å²) in [5.41, 5.74) is 0. The fraction of sp³-hybridized carbons (Fsp3) is 0.688. The predicted octanol–water partition coefficient (Wildman–Crippen LogP) is 2.41. The number of aryl methyl sites for hydroxylation is 2. The third-order valence-corrected chi connectivity index (χ3v) is 4.55. The summed E-state index contributed by atoms with van der Waals surface area (Å²) in [5.74, 6) is 2.51. The van der Waals surface area contributed by atoms with Crippen molar-refractivity contribution in [2.45, 2.75) is 52.0 Å². The second-order valence-corrected chi connectivity index (χ2v) is 6.26. The Kier molecular flexibility index (Phi) is 4.08. The Labute approximate surface area is 126 Å². The van der Waals surface area contributed by atoms with Crippen LogP contribution >= 0.6 is 0 Å². The third-order valence-electron chi connectivity index (χ3n) is 4.55. The number of allylic oxidation sites excluding steroid dienone is 2. The Balaban J connectivity index is 1.63. The zero-order chi connectivity index (χ0) is 14.8. The molecule has 0 aromatic carbocycles. The van der Waals surface area contributed by atoms with Crippen molar-refractivity contribution in [2.24, 2.45) is 5.92 Å². The van der Waals surface area contributed by atoms with Crippen LogP contribution in [0.25, 0.3) is 0 Å². The van der Waals surface area contributed by atoms with E-state index in [1.807, 2.05) is 23.4 Å². The van der Waals surface area contributed by atoms with Gasteiger partial charge in [-0.15, -0.1) is 0 Å². The lowest BCUT2D eigenvalue weighted by molar-refractivity contribution is -0.133. The van der Waals surface area contributed by atoms with E-state index in [1.54, 1.807) is 0 Å². The summed E-state index contributed by atoms with van der Waals surface area (Å²) < 4.78 is 2.00. The molecule has 114 valence electrons. The lowest BCUT2D eigenvalue weighted by Gasteiger charge is -2.33. The second kappa shape index (κ2) is 6.00. The van der Waals surface area contributed by atoms with Gasteiger partial charge in [-0.2, -0.15) is 5.10 Å². The van der Waals surface area contributed by atoms with Gasteiger partial charge in [-0.25, -0.2) is 9.67 Å². The quantitative estimate of drug-likeness (QED) is 0.803. The number of carbonyl (C=O) groups is 1. The molecular weight excluding hydrogens is 264 g/mol. The predicted molar refractivity (Wildman–Crippen MR) is 80.8 cm³/mol. The molecule has 5 heteroatoms. The lowest BCUT2D eigenvalue weighted by atomic mass is 10.0. The van der Waals surface area contributed by atoms with Crippen LogP contribution < -0.4 is 0 Å². The molecule has 3 rings (SSSR count). The van der Waals surface area contributed by atoms with E-state index in [9.17, 15) is 4.79 Å². The monoisotopic (exact) mass is 288 g/mol. The van der Waals surface area contributed by atoms with Crippen LogP contribution in [-0.4, -0.2) is 38.7 Å². The van der Waals surface area contributed by atoms with Gasteiger partial charge in [0.05, 0.1) is 6.04 Å². The molecule has 1 aromatic heterocycles. The molecule has 2 heterocycles. The van der Waals surface area contributed by atoms with Gasteiger partial charge in [0.15, 0.2) is 0 Å². The maximum absolute atomic E-state index is 12.5. The maximum Gasteiger partial charge on any atom is 0.223 e. The minimum Gasteiger partial charge on any atom is -0.341 e. The minimum atomic E-state index is 0.281. The van der Waals surface area contributed by atoms with Crippen LogP contribution in [0.3, 0.4) is 0 Å². The van der Waals surface area contributed by atoms with Gasteiger partial charge in [0.1, 0.15) is 11.6 Å². The Morgan fingerprint density at radius 2 is 2.24 bits per heavy atom. The van der Waals surface area contributed by atoms with Gasteiger partial charge in [-0.1, -0.05) is 12.2 Å². The molecule has 0 saturated carbocycles. The van der Waals surface area contributed by atoms with Crippen molar-refractivity contribution in [1.82, 2.24) is 19.7 Å². The summed E-state index contributed by atoms with van der Waals surface area (Å²) in [5, 5.41) is 4.49. The molecule has 5 nitrogen and oxygen atoms in total. The largest absolute Gasteiger partial charge is 0.341 e. The first-order chi connectivity index (χ1) is 10.1. The van der Waals surface area contributed by atoms with Crippen molar-refractivity contribution in [3.05, 3.63) is 23.8 Å². The van der Waals surface area contributed by atoms with Gasteiger partial charge in [0.25, 0.3) is 0 Å². The number of aromatic nitrogens is 3. The third kappa shape index (κ3) is 3.17. The van der Waals surface area contributed by atoms with Crippen molar-refractivity contribution in [1.29, 1.82) is 0 Å². The SMILES string of the molecule is Cc1nc(C)n([C@H]2CCCN(C(=O)C[C@@H]3C=CCC3)C2)n1. The first-order valence-electron chi connectivity index (χ1n) is 7.97. The van der Waals surface area contributed by atoms with Crippen LogP contribution in [0.2, 0.25) is 0 Å². The van der Waals surface area contributed by atoms with Crippen molar-refractivity contribution >= 4 is 5.91 Å². The van der Waals surface area contributed by atoms with Crippen molar-refractivity contribution in [2.75, 3.05) is 13.1 Å². The normalized spacial score (nSPS) is 25.5. The molecule has 21 heavy (non-hydrogen) atoms. The highest BCUT2D eigenvalue weighted by Crippen LogP contribution is 2.25. The summed E-state index contributed by atoms with van der Waals surface area (Å²) in [6, 6.07) is 0.281. The number of likely N-dealkylation sites (tertiary alicyclic amines) is 1. The zero-order valence-electron chi connectivity index (χ0n) is 13.0. The first kappa shape index (κ1) is 14.3. The zero-order valence-corrected chi connectivity index (χ0v) is 13.0. The average Bonchev–Trinajstić information content (AvgIpc) is 3.08. The summed E-state index contributed by atoms with van der Waals surface area (Å²) in [6.07, 6.45) is 9.44. The van der Waals surface area contributed by atoms with E-state index in [1.165, 1.54) is 0 Å². The number of hydrogen-bond acceptors (Lipinski definition) is 3. The molecular formula is C16H24N4O. The van der Waals surface area contributed by atoms with Gasteiger partial charge in [-0.3, -0.25) is 4.79 Å². The number of amides is 1. The van der Waals surface area contributed by atoms with Crippen LogP contribution in [0.1, 0.15) is 49.8 Å². The Morgan fingerprint density at radius 1 is 1.38 bits per heavy atom. The van der Waals surface area contributed by atoms with Gasteiger partial charge < -0.3 is 4.90 Å². The van der Waals surface area contributed by atoms with Crippen molar-refractivity contribution < 1.29 is 4.79 Å². The first-order valence-corrected chi connectivity index (χ1v) is 7.97. The topological polar surface area (TPSA) is 51.0 Å². The van der Waals surface area contributed by atoms with E-state index in [0.29, 0.717) is 18.2 Å². The molecule has 2 atom stereocenters. The van der Waals surface area contributed by atoms with E-state index in [2.05, 4.69) is 22.2 Å². The second-order valence-electron chi connectivity index (χ2n) is 6.26. The number of rotatable bonds is 3. The minimum absolute atomic E-state index is 0.281. The van der Waals surface area contributed by atoms with E-state index >= 15 is 0 Å². The van der Waals surface area contributed by atoms with Crippen LogP contribution in [0.4, 0.5) is 0 Å². The van der Waals surface area contributed by atoms with E-state index < -0.39 is 0 Å². The van der Waals surface area contributed by atoms with Crippen LogP contribution in [0.15, 0.2) is 12.2 Å². The maximum atomic E-state index is 12.5. The Bertz CT molecular complexity index is 548. The summed E-state index contributed by atoms with van der Waals surface area (Å²) in [7, 11) is 0. The van der Waals surface area contributed by atoms with Gasteiger partial charge in [-0.05, 0) is 45.4 Å². The molecule has 0 bridgehead atoms. The van der Waals surface area contributed by atoms with Gasteiger partial charge >= 0.3 is 0 Å². The number of nitrogens with zero attached hydrogens (tertiary/aromatic N) is 4. The average molecular weight is 288 g/mol. The molecule has 0 N–H and O–H groups in total. The molecule has 0 radical (unpaired) electrons. The van der Waals surface area contributed by atoms with Gasteiger partial charge in [0.2, 0.25) is 5.91 Å². The Morgan fingerprint density at radius 3 is 2.90 bits per heavy atom. The summed E-state index contributed by atoms with van der Waals surface area (Å²) in [6.45, 7) is 5.57. The number of piperidine rings is 1. The standard InChI is InChI=1S/C16H24N4O/c1-12-17-13(2)20(18-12)15-8-5-9-19(11-15)16(21)10-14-6-3-4-7-14/h3,6,14-15H,4-5,7-11H2,1-2H3/t14-,15+/m1/s1. The summed E-state index contributed by atoms with van der Waals surface area (Å²) in [4.78, 5) is 18.9. The van der Waals surface area contributed by atoms with E-state index in [-0.39, 0.29) is 6.04 Å². The highest BCUT2D eigenvalue weighted by molar-refractivity contribution is 5.76. The highest BCUT2D eigenvalue weighted by Gasteiger charge is 2.27. The fourth-order valence-electron chi connectivity index (χ4n) is 3.48. The lowest BCUT2D eigenvalue weighted by Crippen LogP contribution is -2.41. The van der Waals surface area contributed by atoms with Crippen molar-refractivity contribution in [3.63, 3.8) is 0 Å². The van der Waals surface area contributed by atoms with Crippen LogP contribution in [-0.2, 0) is 4.79 Å². The summed E-state index contributed by atoms with van der Waals surface area (Å²) >= 11 is 0. The van der Waals surface area contributed by atoms with E-state index in [0.717, 1.165) is 50.4 Å². The molecule has 1 saturated heterocycles. The molecule has 1 aliphatic carbocycles. The molecule has 1 aromatic rings. The fourth-order valence-corrected chi connectivity index (χ4v) is 3.48. The molecule has 0 spiro atoms. The molecule has 1 aliphatic heterocycles. The molecule has 2 aliphatic rings. The van der Waals surface area contributed by atoms with Gasteiger partial charge in [0, 0.05) is 19.5 Å². The number of carbonyl (C=O) groups excluding carboxylic acids is 1. The van der Waals surface area contributed by atoms with Crippen LogP contribution in [0.5, 0.6) is 0 Å². The molecule has 1 amide bonds. The highest BCUT2D eigenvalue weighted by atomic mass is 16.2. The van der Waals surface area contributed by atoms with E-state index in [4.69, 9.17) is 0 Å². The number of hydrogen-bond donors (Lipinski definition) is 0. The van der Waals surface area contributed by atoms with Crippen molar-refractivity contribution in [3.8, 4) is 0 Å². The smallest absolute Gasteiger partial charge is 0.223 e. The van der Waals surface area contributed by atoms with Crippen LogP contribution in [0, 0.1) is 19.8 Å².